The molecular formula is C15H24N2O. The van der Waals surface area contributed by atoms with Crippen molar-refractivity contribution in [2.75, 3.05) is 32.0 Å². The van der Waals surface area contributed by atoms with Crippen LogP contribution in [0.4, 0.5) is 5.69 Å². The summed E-state index contributed by atoms with van der Waals surface area (Å²) in [7, 11) is 0. The number of likely N-dealkylation sites (tertiary alicyclic amines) is 1. The van der Waals surface area contributed by atoms with Gasteiger partial charge in [0.25, 0.3) is 0 Å². The van der Waals surface area contributed by atoms with Crippen molar-refractivity contribution in [1.82, 2.24) is 4.90 Å². The fourth-order valence-electron chi connectivity index (χ4n) is 2.53. The Hall–Kier alpha value is -1.22. The molecule has 1 aliphatic heterocycles. The first kappa shape index (κ1) is 13.2. The van der Waals surface area contributed by atoms with Gasteiger partial charge in [-0.25, -0.2) is 0 Å². The van der Waals surface area contributed by atoms with Gasteiger partial charge in [0, 0.05) is 13.1 Å². The predicted octanol–water partition coefficient (Wildman–Crippen LogP) is 2.77. The van der Waals surface area contributed by atoms with Gasteiger partial charge in [0.15, 0.2) is 0 Å². The van der Waals surface area contributed by atoms with Gasteiger partial charge in [-0.15, -0.1) is 0 Å². The lowest BCUT2D eigenvalue weighted by Gasteiger charge is -2.16. The second-order valence-corrected chi connectivity index (χ2v) is 5.10. The number of ether oxygens (including phenoxy) is 1. The van der Waals surface area contributed by atoms with Gasteiger partial charge >= 0.3 is 0 Å². The third-order valence-corrected chi connectivity index (χ3v) is 3.74. The van der Waals surface area contributed by atoms with Crippen LogP contribution in [0.3, 0.4) is 0 Å². The summed E-state index contributed by atoms with van der Waals surface area (Å²) >= 11 is 0. The molecule has 1 heterocycles. The smallest absolute Gasteiger partial charge is 0.142 e. The van der Waals surface area contributed by atoms with E-state index in [4.69, 9.17) is 10.5 Å². The average Bonchev–Trinajstić information content (AvgIpc) is 2.84. The number of nitrogens with zero attached hydrogens (tertiary/aromatic N) is 1. The Morgan fingerprint density at radius 2 is 2.22 bits per heavy atom. The van der Waals surface area contributed by atoms with E-state index in [1.54, 1.807) is 0 Å². The predicted molar refractivity (Wildman–Crippen MR) is 75.8 cm³/mol. The van der Waals surface area contributed by atoms with Gasteiger partial charge in [-0.2, -0.15) is 0 Å². The minimum Gasteiger partial charge on any atom is -0.491 e. The Morgan fingerprint density at radius 3 is 2.94 bits per heavy atom. The summed E-state index contributed by atoms with van der Waals surface area (Å²) in [5.41, 5.74) is 6.55. The van der Waals surface area contributed by atoms with Crippen LogP contribution in [0.15, 0.2) is 24.3 Å². The first-order valence-electron chi connectivity index (χ1n) is 6.99. The van der Waals surface area contributed by atoms with Crippen molar-refractivity contribution in [1.29, 1.82) is 0 Å². The molecule has 1 aliphatic rings. The van der Waals surface area contributed by atoms with Crippen molar-refractivity contribution in [3.8, 4) is 5.75 Å². The van der Waals surface area contributed by atoms with Crippen LogP contribution in [0.5, 0.6) is 5.75 Å². The summed E-state index contributed by atoms with van der Waals surface area (Å²) in [5.74, 6) is 1.72. The first-order valence-corrected chi connectivity index (χ1v) is 6.99. The molecule has 0 radical (unpaired) electrons. The number of nitrogen functional groups attached to an aromatic ring is 1. The lowest BCUT2D eigenvalue weighted by atomic mass is 10.1. The molecule has 1 aromatic carbocycles. The van der Waals surface area contributed by atoms with E-state index < -0.39 is 0 Å². The summed E-state index contributed by atoms with van der Waals surface area (Å²) in [4.78, 5) is 2.55. The van der Waals surface area contributed by atoms with Crippen molar-refractivity contribution >= 4 is 5.69 Å². The van der Waals surface area contributed by atoms with Crippen LogP contribution in [-0.2, 0) is 0 Å². The van der Waals surface area contributed by atoms with Gasteiger partial charge in [-0.3, -0.25) is 0 Å². The number of para-hydroxylation sites is 2. The number of anilines is 1. The van der Waals surface area contributed by atoms with E-state index in [0.29, 0.717) is 0 Å². The summed E-state index contributed by atoms with van der Waals surface area (Å²) in [6, 6.07) is 7.69. The molecule has 1 atom stereocenters. The van der Waals surface area contributed by atoms with Crippen LogP contribution in [0.1, 0.15) is 26.2 Å². The number of benzene rings is 1. The molecule has 0 aliphatic carbocycles. The largest absolute Gasteiger partial charge is 0.491 e. The number of rotatable bonds is 6. The molecule has 0 aromatic heterocycles. The van der Waals surface area contributed by atoms with Crippen molar-refractivity contribution in [3.05, 3.63) is 24.3 Å². The molecule has 3 heteroatoms. The van der Waals surface area contributed by atoms with Crippen LogP contribution in [0.2, 0.25) is 0 Å². The molecule has 3 nitrogen and oxygen atoms in total. The molecule has 1 saturated heterocycles. The Labute approximate surface area is 110 Å². The molecular weight excluding hydrogens is 224 g/mol. The normalized spacial score (nSPS) is 20.2. The minimum atomic E-state index is 0.727. The van der Waals surface area contributed by atoms with Gasteiger partial charge in [-0.1, -0.05) is 25.5 Å². The molecule has 0 spiro atoms. The molecule has 0 bridgehead atoms. The Morgan fingerprint density at radius 1 is 1.39 bits per heavy atom. The van der Waals surface area contributed by atoms with E-state index in [1.807, 2.05) is 24.3 Å². The SMILES string of the molecule is CCC1CCN(CCCOc2ccccc2N)C1. The Bertz CT molecular complexity index is 367. The van der Waals surface area contributed by atoms with E-state index in [9.17, 15) is 0 Å². The molecule has 1 unspecified atom stereocenters. The highest BCUT2D eigenvalue weighted by atomic mass is 16.5. The first-order chi connectivity index (χ1) is 8.79. The van der Waals surface area contributed by atoms with Gasteiger partial charge < -0.3 is 15.4 Å². The van der Waals surface area contributed by atoms with E-state index in [2.05, 4.69) is 11.8 Å². The third kappa shape index (κ3) is 3.64. The average molecular weight is 248 g/mol. The van der Waals surface area contributed by atoms with Gasteiger partial charge in [0.1, 0.15) is 5.75 Å². The topological polar surface area (TPSA) is 38.5 Å². The molecule has 1 fully saturated rings. The number of hydrogen-bond acceptors (Lipinski definition) is 3. The lowest BCUT2D eigenvalue weighted by molar-refractivity contribution is 0.259. The van der Waals surface area contributed by atoms with Crippen LogP contribution >= 0.6 is 0 Å². The van der Waals surface area contributed by atoms with Gasteiger partial charge in [0.05, 0.1) is 12.3 Å². The maximum Gasteiger partial charge on any atom is 0.142 e. The van der Waals surface area contributed by atoms with Gasteiger partial charge in [-0.05, 0) is 37.4 Å². The molecule has 0 amide bonds. The summed E-state index contributed by atoms with van der Waals surface area (Å²) < 4.78 is 5.70. The highest BCUT2D eigenvalue weighted by Crippen LogP contribution is 2.21. The fraction of sp³-hybridized carbons (Fsp3) is 0.600. The zero-order valence-corrected chi connectivity index (χ0v) is 11.3. The quantitative estimate of drug-likeness (QED) is 0.621. The zero-order valence-electron chi connectivity index (χ0n) is 11.3. The highest BCUT2D eigenvalue weighted by Gasteiger charge is 2.19. The third-order valence-electron chi connectivity index (χ3n) is 3.74. The summed E-state index contributed by atoms with van der Waals surface area (Å²) in [5, 5.41) is 0. The van der Waals surface area contributed by atoms with Gasteiger partial charge in [0.2, 0.25) is 0 Å². The maximum atomic E-state index is 5.83. The Kier molecular flexibility index (Phi) is 4.88. The van der Waals surface area contributed by atoms with Crippen LogP contribution in [0.25, 0.3) is 0 Å². The number of hydrogen-bond donors (Lipinski definition) is 1. The summed E-state index contributed by atoms with van der Waals surface area (Å²) in [6.07, 6.45) is 3.75. The monoisotopic (exact) mass is 248 g/mol. The second kappa shape index (κ2) is 6.64. The maximum absolute atomic E-state index is 5.83. The Balaban J connectivity index is 1.63. The molecule has 1 aromatic rings. The lowest BCUT2D eigenvalue weighted by Crippen LogP contribution is -2.23. The van der Waals surface area contributed by atoms with Crippen molar-refractivity contribution in [3.63, 3.8) is 0 Å². The minimum absolute atomic E-state index is 0.727. The van der Waals surface area contributed by atoms with Crippen molar-refractivity contribution in [2.45, 2.75) is 26.2 Å². The standard InChI is InChI=1S/C15H24N2O/c1-2-13-8-10-17(12-13)9-5-11-18-15-7-4-3-6-14(15)16/h3-4,6-7,13H,2,5,8-12,16H2,1H3. The number of nitrogens with two attached hydrogens (primary N) is 1. The zero-order chi connectivity index (χ0) is 12.8. The van der Waals surface area contributed by atoms with Crippen molar-refractivity contribution < 1.29 is 4.74 Å². The second-order valence-electron chi connectivity index (χ2n) is 5.10. The van der Waals surface area contributed by atoms with Crippen molar-refractivity contribution in [2.24, 2.45) is 5.92 Å². The van der Waals surface area contributed by atoms with Crippen LogP contribution in [0, 0.1) is 5.92 Å². The summed E-state index contributed by atoms with van der Waals surface area (Å²) in [6.45, 7) is 6.70. The molecule has 18 heavy (non-hydrogen) atoms. The molecule has 0 saturated carbocycles. The van der Waals surface area contributed by atoms with E-state index in [0.717, 1.165) is 36.9 Å². The molecule has 100 valence electrons. The van der Waals surface area contributed by atoms with E-state index in [-0.39, 0.29) is 0 Å². The highest BCUT2D eigenvalue weighted by molar-refractivity contribution is 5.51. The van der Waals surface area contributed by atoms with E-state index >= 15 is 0 Å². The van der Waals surface area contributed by atoms with Crippen LogP contribution < -0.4 is 10.5 Å². The molecule has 2 N–H and O–H groups in total. The van der Waals surface area contributed by atoms with E-state index in [1.165, 1.54) is 25.9 Å². The fourth-order valence-corrected chi connectivity index (χ4v) is 2.53. The molecule has 2 rings (SSSR count). The van der Waals surface area contributed by atoms with Crippen LogP contribution in [-0.4, -0.2) is 31.1 Å².